The molecule has 0 aromatic heterocycles. The van der Waals surface area contributed by atoms with E-state index >= 15 is 0 Å². The van der Waals surface area contributed by atoms with E-state index < -0.39 is 0 Å². The third kappa shape index (κ3) is 2.91. The van der Waals surface area contributed by atoms with Crippen molar-refractivity contribution in [3.05, 3.63) is 63.9 Å². The molecule has 0 aliphatic carbocycles. The summed E-state index contributed by atoms with van der Waals surface area (Å²) >= 11 is 11.6. The summed E-state index contributed by atoms with van der Waals surface area (Å²) in [6, 6.07) is 11.9. The fraction of sp³-hybridized carbons (Fsp3) is 0. The predicted octanol–water partition coefficient (Wildman–Crippen LogP) is 5.34. The van der Waals surface area contributed by atoms with Gasteiger partial charge in [0.1, 0.15) is 11.5 Å². The molecular weight excluding hydrogens is 257 g/mol. The van der Waals surface area contributed by atoms with Gasteiger partial charge in [0.2, 0.25) is 5.69 Å². The van der Waals surface area contributed by atoms with E-state index in [-0.39, 0.29) is 0 Å². The number of ether oxygens (including phenoxy) is 1. The smallest absolute Gasteiger partial charge is 0.230 e. The highest BCUT2D eigenvalue weighted by Gasteiger charge is 2.05. The zero-order valence-corrected chi connectivity index (χ0v) is 10.2. The van der Waals surface area contributed by atoms with Crippen LogP contribution in [0.4, 0.5) is 5.69 Å². The highest BCUT2D eigenvalue weighted by Crippen LogP contribution is 2.34. The molecule has 4 heteroatoms. The third-order valence-electron chi connectivity index (χ3n) is 2.08. The zero-order chi connectivity index (χ0) is 12.3. The van der Waals surface area contributed by atoms with Crippen LogP contribution < -0.4 is 4.74 Å². The molecule has 0 radical (unpaired) electrons. The highest BCUT2D eigenvalue weighted by atomic mass is 35.5. The Labute approximate surface area is 109 Å². The molecule has 2 nitrogen and oxygen atoms in total. The maximum Gasteiger partial charge on any atom is 0.230 e. The van der Waals surface area contributed by atoms with Gasteiger partial charge < -0.3 is 4.74 Å². The van der Waals surface area contributed by atoms with Gasteiger partial charge >= 0.3 is 0 Å². The maximum absolute atomic E-state index is 7.05. The van der Waals surface area contributed by atoms with Crippen molar-refractivity contribution in [2.24, 2.45) is 0 Å². The molecule has 0 heterocycles. The fourth-order valence-corrected chi connectivity index (χ4v) is 1.59. The first-order valence-corrected chi connectivity index (χ1v) is 5.55. The lowest BCUT2D eigenvalue weighted by molar-refractivity contribution is 0.485. The van der Waals surface area contributed by atoms with Gasteiger partial charge in [0.25, 0.3) is 0 Å². The Balaban J connectivity index is 2.30. The van der Waals surface area contributed by atoms with Crippen molar-refractivity contribution in [2.75, 3.05) is 0 Å². The van der Waals surface area contributed by atoms with Crippen LogP contribution in [0.2, 0.25) is 10.0 Å². The normalized spacial score (nSPS) is 9.71. The van der Waals surface area contributed by atoms with Gasteiger partial charge in [-0.15, -0.1) is 0 Å². The number of rotatable bonds is 2. The lowest BCUT2D eigenvalue weighted by Gasteiger charge is -2.07. The van der Waals surface area contributed by atoms with Crippen LogP contribution in [0.15, 0.2) is 42.5 Å². The van der Waals surface area contributed by atoms with E-state index in [0.29, 0.717) is 27.2 Å². The molecule has 2 aromatic carbocycles. The van der Waals surface area contributed by atoms with Crippen LogP contribution in [0.25, 0.3) is 4.85 Å². The molecule has 84 valence electrons. The van der Waals surface area contributed by atoms with Crippen LogP contribution in [-0.4, -0.2) is 0 Å². The van der Waals surface area contributed by atoms with Crippen LogP contribution in [0, 0.1) is 6.57 Å². The Kier molecular flexibility index (Phi) is 3.53. The van der Waals surface area contributed by atoms with Gasteiger partial charge in [-0.1, -0.05) is 23.2 Å². The Morgan fingerprint density at radius 1 is 0.941 bits per heavy atom. The molecule has 2 aromatic rings. The van der Waals surface area contributed by atoms with E-state index in [1.54, 1.807) is 42.5 Å². The Morgan fingerprint density at radius 3 is 2.24 bits per heavy atom. The molecule has 0 bridgehead atoms. The van der Waals surface area contributed by atoms with Crippen molar-refractivity contribution in [1.29, 1.82) is 0 Å². The van der Waals surface area contributed by atoms with Gasteiger partial charge in [0, 0.05) is 10.0 Å². The lowest BCUT2D eigenvalue weighted by Crippen LogP contribution is -1.83. The summed E-state index contributed by atoms with van der Waals surface area (Å²) in [6.45, 7) is 7.05. The van der Waals surface area contributed by atoms with Gasteiger partial charge in [-0.05, 0) is 42.5 Å². The molecule has 0 fully saturated rings. The van der Waals surface area contributed by atoms with Crippen molar-refractivity contribution in [1.82, 2.24) is 0 Å². The van der Waals surface area contributed by atoms with Gasteiger partial charge in [-0.3, -0.25) is 0 Å². The van der Waals surface area contributed by atoms with Crippen molar-refractivity contribution in [3.8, 4) is 11.5 Å². The minimum Gasteiger partial charge on any atom is -0.468 e. The first-order chi connectivity index (χ1) is 8.19. The fourth-order valence-electron chi connectivity index (χ4n) is 1.29. The lowest BCUT2D eigenvalue weighted by atomic mass is 10.3. The second-order valence-corrected chi connectivity index (χ2v) is 4.15. The standard InChI is InChI=1S/C13H7Cl2NO/c1-16-12-8-10(15)4-7-13(12)17-11-5-2-9(14)3-6-11/h2-8H. The maximum atomic E-state index is 7.05. The molecule has 0 spiro atoms. The van der Waals surface area contributed by atoms with Crippen LogP contribution in [-0.2, 0) is 0 Å². The van der Waals surface area contributed by atoms with Crippen molar-refractivity contribution >= 4 is 28.9 Å². The van der Waals surface area contributed by atoms with Crippen LogP contribution in [0.1, 0.15) is 0 Å². The second kappa shape index (κ2) is 5.09. The van der Waals surface area contributed by atoms with E-state index in [1.165, 1.54) is 0 Å². The van der Waals surface area contributed by atoms with Gasteiger partial charge in [0.05, 0.1) is 6.57 Å². The number of hydrogen-bond acceptors (Lipinski definition) is 1. The number of halogens is 2. The molecule has 0 N–H and O–H groups in total. The second-order valence-electron chi connectivity index (χ2n) is 3.28. The first-order valence-electron chi connectivity index (χ1n) is 4.79. The minimum atomic E-state index is 0.382. The van der Waals surface area contributed by atoms with Gasteiger partial charge in [0.15, 0.2) is 0 Å². The number of benzene rings is 2. The third-order valence-corrected chi connectivity index (χ3v) is 2.57. The molecule has 0 unspecified atom stereocenters. The van der Waals surface area contributed by atoms with E-state index in [2.05, 4.69) is 4.85 Å². The number of nitrogens with zero attached hydrogens (tertiary/aromatic N) is 1. The van der Waals surface area contributed by atoms with Crippen molar-refractivity contribution < 1.29 is 4.74 Å². The summed E-state index contributed by atoms with van der Waals surface area (Å²) < 4.78 is 5.58. The van der Waals surface area contributed by atoms with Crippen LogP contribution in [0.3, 0.4) is 0 Å². The molecule has 0 saturated heterocycles. The highest BCUT2D eigenvalue weighted by molar-refractivity contribution is 6.31. The quantitative estimate of drug-likeness (QED) is 0.668. The zero-order valence-electron chi connectivity index (χ0n) is 8.65. The Bertz CT molecular complexity index is 573. The first kappa shape index (κ1) is 11.8. The molecule has 0 saturated carbocycles. The Morgan fingerprint density at radius 2 is 1.59 bits per heavy atom. The van der Waals surface area contributed by atoms with Crippen LogP contribution in [0.5, 0.6) is 11.5 Å². The average molecular weight is 264 g/mol. The molecular formula is C13H7Cl2NO. The van der Waals surface area contributed by atoms with Crippen molar-refractivity contribution in [2.45, 2.75) is 0 Å². The monoisotopic (exact) mass is 263 g/mol. The molecule has 0 atom stereocenters. The molecule has 0 amide bonds. The van der Waals surface area contributed by atoms with E-state index in [9.17, 15) is 0 Å². The minimum absolute atomic E-state index is 0.382. The summed E-state index contributed by atoms with van der Waals surface area (Å²) in [5.74, 6) is 1.10. The Hall–Kier alpha value is -1.69. The molecule has 2 rings (SSSR count). The van der Waals surface area contributed by atoms with Crippen LogP contribution >= 0.6 is 23.2 Å². The molecule has 0 aliphatic heterocycles. The van der Waals surface area contributed by atoms with E-state index in [4.69, 9.17) is 34.5 Å². The van der Waals surface area contributed by atoms with E-state index in [0.717, 1.165) is 0 Å². The summed E-state index contributed by atoms with van der Waals surface area (Å²) in [6.07, 6.45) is 0. The predicted molar refractivity (Wildman–Crippen MR) is 69.2 cm³/mol. The van der Waals surface area contributed by atoms with Gasteiger partial charge in [-0.2, -0.15) is 0 Å². The average Bonchev–Trinajstić information content (AvgIpc) is 2.34. The summed E-state index contributed by atoms with van der Waals surface area (Å²) in [5.41, 5.74) is 0.382. The summed E-state index contributed by atoms with van der Waals surface area (Å²) in [7, 11) is 0. The molecule has 17 heavy (non-hydrogen) atoms. The van der Waals surface area contributed by atoms with Gasteiger partial charge in [-0.25, -0.2) is 4.85 Å². The van der Waals surface area contributed by atoms with Crippen molar-refractivity contribution in [3.63, 3.8) is 0 Å². The van der Waals surface area contributed by atoms with E-state index in [1.807, 2.05) is 0 Å². The largest absolute Gasteiger partial charge is 0.468 e. The molecule has 0 aliphatic rings. The summed E-state index contributed by atoms with van der Waals surface area (Å²) in [4.78, 5) is 3.36. The summed E-state index contributed by atoms with van der Waals surface area (Å²) in [5, 5.41) is 1.15. The SMILES string of the molecule is [C-]#[N+]c1cc(Cl)ccc1Oc1ccc(Cl)cc1. The topological polar surface area (TPSA) is 13.6 Å². The number of hydrogen-bond donors (Lipinski definition) is 0.